The number of imide groups is 1. The zero-order chi connectivity index (χ0) is 22.8. The summed E-state index contributed by atoms with van der Waals surface area (Å²) in [7, 11) is 1.74. The summed E-state index contributed by atoms with van der Waals surface area (Å²) in [4.78, 5) is 36.2. The van der Waals surface area contributed by atoms with E-state index in [1.54, 1.807) is 42.9 Å². The number of amides is 3. The van der Waals surface area contributed by atoms with E-state index in [2.05, 4.69) is 15.7 Å². The van der Waals surface area contributed by atoms with Crippen LogP contribution < -0.4 is 15.4 Å². The summed E-state index contributed by atoms with van der Waals surface area (Å²) in [5.74, 6) is -1.37. The largest absolute Gasteiger partial charge is 0.482 e. The van der Waals surface area contributed by atoms with Crippen LogP contribution in [0, 0.1) is 5.82 Å². The van der Waals surface area contributed by atoms with Gasteiger partial charge in [0.25, 0.3) is 5.91 Å². The minimum absolute atomic E-state index is 0.219. The lowest BCUT2D eigenvalue weighted by Gasteiger charge is -2.19. The summed E-state index contributed by atoms with van der Waals surface area (Å²) < 4.78 is 20.5. The number of hydrogen-bond donors (Lipinski definition) is 2. The molecule has 3 aromatic rings. The van der Waals surface area contributed by atoms with Crippen molar-refractivity contribution in [1.82, 2.24) is 20.4 Å². The second-order valence-electron chi connectivity index (χ2n) is 7.79. The Bertz CT molecular complexity index is 1190. The summed E-state index contributed by atoms with van der Waals surface area (Å²) in [5, 5.41) is 10.4. The average molecular weight is 438 g/mol. The molecule has 0 bridgehead atoms. The summed E-state index contributed by atoms with van der Waals surface area (Å²) in [6.07, 6.45) is 0.655. The first-order chi connectivity index (χ1) is 15.3. The van der Waals surface area contributed by atoms with Crippen LogP contribution in [-0.4, -0.2) is 34.1 Å². The van der Waals surface area contributed by atoms with Gasteiger partial charge >= 0.3 is 0 Å². The maximum atomic E-state index is 13.1. The van der Waals surface area contributed by atoms with Crippen molar-refractivity contribution < 1.29 is 23.5 Å². The van der Waals surface area contributed by atoms with Crippen LogP contribution >= 0.6 is 0 Å². The number of rotatable bonds is 6. The number of fused-ring (bicyclic) bond motifs is 1. The standard InChI is InChI=1S/C23H23FN4O4/c1-13(14-6-8-15(24)9-7-14)25-20(30)12-32-18-5-3-4-16-21(27-28(2)22(16)18)17-10-11-19(29)26-23(17)31/h3-9,13,17H,10-12H2,1-2H3,(H,25,30)(H,26,29,31)/t13-,17?/m1/s1. The first-order valence-corrected chi connectivity index (χ1v) is 10.3. The van der Waals surface area contributed by atoms with Crippen LogP contribution in [0.3, 0.4) is 0 Å². The molecule has 2 aromatic carbocycles. The monoisotopic (exact) mass is 438 g/mol. The van der Waals surface area contributed by atoms with E-state index < -0.39 is 5.92 Å². The lowest BCUT2D eigenvalue weighted by Crippen LogP contribution is -2.39. The molecular weight excluding hydrogens is 415 g/mol. The molecule has 1 unspecified atom stereocenters. The Hall–Kier alpha value is -3.75. The van der Waals surface area contributed by atoms with E-state index >= 15 is 0 Å². The van der Waals surface area contributed by atoms with Crippen molar-refractivity contribution in [2.24, 2.45) is 7.05 Å². The minimum Gasteiger partial charge on any atom is -0.482 e. The third-order valence-electron chi connectivity index (χ3n) is 5.53. The summed E-state index contributed by atoms with van der Waals surface area (Å²) in [5.41, 5.74) is 2.02. The number of hydrogen-bond acceptors (Lipinski definition) is 5. The lowest BCUT2D eigenvalue weighted by atomic mass is 9.93. The number of ether oxygens (including phenoxy) is 1. The number of aromatic nitrogens is 2. The number of piperidine rings is 1. The smallest absolute Gasteiger partial charge is 0.258 e. The van der Waals surface area contributed by atoms with Gasteiger partial charge in [0.1, 0.15) is 17.1 Å². The van der Waals surface area contributed by atoms with Crippen molar-refractivity contribution in [2.45, 2.75) is 31.7 Å². The Balaban J connectivity index is 1.48. The Labute approximate surface area is 183 Å². The third-order valence-corrected chi connectivity index (χ3v) is 5.53. The van der Waals surface area contributed by atoms with Gasteiger partial charge in [-0.05, 0) is 37.1 Å². The molecule has 1 saturated heterocycles. The number of nitrogens with one attached hydrogen (secondary N) is 2. The molecule has 32 heavy (non-hydrogen) atoms. The van der Waals surface area contributed by atoms with Crippen LogP contribution in [0.25, 0.3) is 10.9 Å². The fourth-order valence-corrected chi connectivity index (χ4v) is 3.92. The molecule has 0 radical (unpaired) electrons. The van der Waals surface area contributed by atoms with E-state index in [4.69, 9.17) is 4.74 Å². The molecule has 0 aliphatic carbocycles. The Morgan fingerprint density at radius 1 is 1.28 bits per heavy atom. The maximum absolute atomic E-state index is 13.1. The van der Waals surface area contributed by atoms with Crippen molar-refractivity contribution in [2.75, 3.05) is 6.61 Å². The Morgan fingerprint density at radius 2 is 2.03 bits per heavy atom. The lowest BCUT2D eigenvalue weighted by molar-refractivity contribution is -0.134. The SMILES string of the molecule is C[C@@H](NC(=O)COc1cccc2c(C3CCC(=O)NC3=O)nn(C)c12)c1ccc(F)cc1. The Kier molecular flexibility index (Phi) is 5.89. The third kappa shape index (κ3) is 4.32. The van der Waals surface area contributed by atoms with Crippen LogP contribution in [0.4, 0.5) is 4.39 Å². The number of benzene rings is 2. The number of carbonyl (C=O) groups is 3. The predicted octanol–water partition coefficient (Wildman–Crippen LogP) is 2.49. The van der Waals surface area contributed by atoms with Crippen molar-refractivity contribution in [3.05, 3.63) is 59.5 Å². The maximum Gasteiger partial charge on any atom is 0.258 e. The summed E-state index contributed by atoms with van der Waals surface area (Å²) in [6.45, 7) is 1.59. The highest BCUT2D eigenvalue weighted by Crippen LogP contribution is 2.34. The van der Waals surface area contributed by atoms with Gasteiger partial charge in [-0.2, -0.15) is 5.10 Å². The number of halogens is 1. The average Bonchev–Trinajstić information content (AvgIpc) is 3.09. The van der Waals surface area contributed by atoms with E-state index in [1.165, 1.54) is 12.1 Å². The highest BCUT2D eigenvalue weighted by molar-refractivity contribution is 6.03. The van der Waals surface area contributed by atoms with E-state index in [1.807, 2.05) is 6.07 Å². The van der Waals surface area contributed by atoms with Gasteiger partial charge < -0.3 is 10.1 Å². The molecule has 8 nitrogen and oxygen atoms in total. The second kappa shape index (κ2) is 8.78. The number of aryl methyl sites for hydroxylation is 1. The molecule has 0 saturated carbocycles. The fraction of sp³-hybridized carbons (Fsp3) is 0.304. The van der Waals surface area contributed by atoms with Crippen LogP contribution in [0.5, 0.6) is 5.75 Å². The molecule has 1 aliphatic rings. The van der Waals surface area contributed by atoms with Gasteiger partial charge in [0.15, 0.2) is 6.61 Å². The van der Waals surface area contributed by atoms with Gasteiger partial charge in [0.05, 0.1) is 17.7 Å². The second-order valence-corrected chi connectivity index (χ2v) is 7.79. The first kappa shape index (κ1) is 21.5. The number of carbonyl (C=O) groups excluding carboxylic acids is 3. The van der Waals surface area contributed by atoms with Gasteiger partial charge in [-0.15, -0.1) is 0 Å². The Morgan fingerprint density at radius 3 is 2.75 bits per heavy atom. The van der Waals surface area contributed by atoms with Crippen LogP contribution in [0.2, 0.25) is 0 Å². The fourth-order valence-electron chi connectivity index (χ4n) is 3.92. The highest BCUT2D eigenvalue weighted by Gasteiger charge is 2.32. The minimum atomic E-state index is -0.522. The summed E-state index contributed by atoms with van der Waals surface area (Å²) in [6, 6.07) is 11.0. The molecule has 166 valence electrons. The van der Waals surface area contributed by atoms with Crippen molar-refractivity contribution in [3.63, 3.8) is 0 Å². The van der Waals surface area contributed by atoms with Gasteiger partial charge in [-0.25, -0.2) is 4.39 Å². The van der Waals surface area contributed by atoms with Gasteiger partial charge in [0.2, 0.25) is 11.8 Å². The van der Waals surface area contributed by atoms with Crippen molar-refractivity contribution in [1.29, 1.82) is 0 Å². The van der Waals surface area contributed by atoms with Gasteiger partial charge in [0, 0.05) is 18.9 Å². The quantitative estimate of drug-likeness (QED) is 0.576. The molecule has 4 rings (SSSR count). The van der Waals surface area contributed by atoms with Gasteiger partial charge in [-0.3, -0.25) is 24.4 Å². The molecule has 2 atom stereocenters. The van der Waals surface area contributed by atoms with Crippen molar-refractivity contribution >= 4 is 28.6 Å². The molecule has 0 spiro atoms. The van der Waals surface area contributed by atoms with Crippen LogP contribution in [0.1, 0.15) is 43.0 Å². The zero-order valence-corrected chi connectivity index (χ0v) is 17.7. The molecule has 2 N–H and O–H groups in total. The summed E-state index contributed by atoms with van der Waals surface area (Å²) >= 11 is 0. The molecule has 9 heteroatoms. The molecule has 1 aromatic heterocycles. The number of para-hydroxylation sites is 1. The molecule has 1 fully saturated rings. The molecule has 2 heterocycles. The first-order valence-electron chi connectivity index (χ1n) is 10.3. The zero-order valence-electron chi connectivity index (χ0n) is 17.7. The molecule has 3 amide bonds. The van der Waals surface area contributed by atoms with E-state index in [0.29, 0.717) is 23.4 Å². The highest BCUT2D eigenvalue weighted by atomic mass is 19.1. The predicted molar refractivity (Wildman–Crippen MR) is 114 cm³/mol. The van der Waals surface area contributed by atoms with Gasteiger partial charge in [-0.1, -0.05) is 24.3 Å². The normalized spacial score (nSPS) is 17.2. The van der Waals surface area contributed by atoms with Crippen LogP contribution in [0.15, 0.2) is 42.5 Å². The van der Waals surface area contributed by atoms with E-state index in [0.717, 1.165) is 10.9 Å². The molecular formula is C23H23FN4O4. The number of nitrogens with zero attached hydrogens (tertiary/aromatic N) is 2. The van der Waals surface area contributed by atoms with E-state index in [-0.39, 0.29) is 42.6 Å². The topological polar surface area (TPSA) is 102 Å². The molecule has 1 aliphatic heterocycles. The van der Waals surface area contributed by atoms with Crippen LogP contribution in [-0.2, 0) is 21.4 Å². The van der Waals surface area contributed by atoms with Crippen molar-refractivity contribution in [3.8, 4) is 5.75 Å². The van der Waals surface area contributed by atoms with E-state index in [9.17, 15) is 18.8 Å².